The van der Waals surface area contributed by atoms with Crippen LogP contribution in [0.1, 0.15) is 18.6 Å². The quantitative estimate of drug-likeness (QED) is 0.747. The monoisotopic (exact) mass is 239 g/mol. The number of benzene rings is 1. The molecule has 2 heterocycles. The molecule has 1 atom stereocenters. The standard InChI is InChI=1S/C14H13N3O/c1-10(18)11-6-7-14(15-8-11)17-9-16-12-4-2-3-5-13(12)17/h2-10,18H,1H3/t10-/m1/s1. The van der Waals surface area contributed by atoms with Gasteiger partial charge in [0.15, 0.2) is 0 Å². The predicted molar refractivity (Wildman–Crippen MR) is 69.5 cm³/mol. The van der Waals surface area contributed by atoms with Crippen molar-refractivity contribution in [1.29, 1.82) is 0 Å². The molecule has 0 amide bonds. The van der Waals surface area contributed by atoms with E-state index in [4.69, 9.17) is 0 Å². The Hall–Kier alpha value is -2.20. The molecule has 0 aliphatic rings. The molecular weight excluding hydrogens is 226 g/mol. The number of aliphatic hydroxyl groups excluding tert-OH is 1. The molecule has 0 spiro atoms. The van der Waals surface area contributed by atoms with E-state index in [9.17, 15) is 5.11 Å². The van der Waals surface area contributed by atoms with Gasteiger partial charge in [-0.25, -0.2) is 9.97 Å². The molecule has 1 N–H and O–H groups in total. The molecule has 0 aliphatic carbocycles. The minimum absolute atomic E-state index is 0.494. The second-order valence-electron chi connectivity index (χ2n) is 4.23. The number of rotatable bonds is 2. The number of pyridine rings is 1. The lowest BCUT2D eigenvalue weighted by Gasteiger charge is -2.06. The van der Waals surface area contributed by atoms with Crippen LogP contribution in [0.4, 0.5) is 0 Å². The van der Waals surface area contributed by atoms with Crippen molar-refractivity contribution in [2.24, 2.45) is 0 Å². The van der Waals surface area contributed by atoms with Crippen molar-refractivity contribution < 1.29 is 5.11 Å². The molecule has 0 saturated carbocycles. The normalized spacial score (nSPS) is 12.8. The average Bonchev–Trinajstić information content (AvgIpc) is 2.82. The summed E-state index contributed by atoms with van der Waals surface area (Å²) in [7, 11) is 0. The van der Waals surface area contributed by atoms with Gasteiger partial charge in [0.1, 0.15) is 12.1 Å². The molecule has 0 fully saturated rings. The molecule has 0 bridgehead atoms. The molecule has 1 aromatic carbocycles. The van der Waals surface area contributed by atoms with Crippen LogP contribution in [0.25, 0.3) is 16.9 Å². The highest BCUT2D eigenvalue weighted by Gasteiger charge is 2.06. The van der Waals surface area contributed by atoms with Crippen LogP contribution >= 0.6 is 0 Å². The number of nitrogens with zero attached hydrogens (tertiary/aromatic N) is 3. The van der Waals surface area contributed by atoms with Crippen LogP contribution in [0.3, 0.4) is 0 Å². The number of fused-ring (bicyclic) bond motifs is 1. The van der Waals surface area contributed by atoms with Gasteiger partial charge in [0.25, 0.3) is 0 Å². The Morgan fingerprint density at radius 1 is 1.11 bits per heavy atom. The summed E-state index contributed by atoms with van der Waals surface area (Å²) in [5.41, 5.74) is 2.77. The molecule has 3 rings (SSSR count). The van der Waals surface area contributed by atoms with Crippen LogP contribution < -0.4 is 0 Å². The summed E-state index contributed by atoms with van der Waals surface area (Å²) in [4.78, 5) is 8.68. The Balaban J connectivity index is 2.09. The van der Waals surface area contributed by atoms with Gasteiger partial charge in [0.2, 0.25) is 0 Å². The fourth-order valence-electron chi connectivity index (χ4n) is 1.93. The highest BCUT2D eigenvalue weighted by atomic mass is 16.3. The van der Waals surface area contributed by atoms with Gasteiger partial charge in [-0.3, -0.25) is 4.57 Å². The Labute approximate surface area is 105 Å². The van der Waals surface area contributed by atoms with Crippen molar-refractivity contribution in [2.45, 2.75) is 13.0 Å². The molecule has 18 heavy (non-hydrogen) atoms. The lowest BCUT2D eigenvalue weighted by molar-refractivity contribution is 0.199. The van der Waals surface area contributed by atoms with Crippen LogP contribution in [-0.2, 0) is 0 Å². The molecule has 4 heteroatoms. The number of hydrogen-bond donors (Lipinski definition) is 1. The molecule has 90 valence electrons. The third-order valence-electron chi connectivity index (χ3n) is 2.95. The maximum atomic E-state index is 9.46. The fraction of sp³-hybridized carbons (Fsp3) is 0.143. The Bertz CT molecular complexity index is 671. The molecule has 0 saturated heterocycles. The molecule has 0 radical (unpaired) electrons. The summed E-state index contributed by atoms with van der Waals surface area (Å²) in [6.45, 7) is 1.73. The van der Waals surface area contributed by atoms with Crippen molar-refractivity contribution in [2.75, 3.05) is 0 Å². The molecule has 0 aliphatic heterocycles. The number of hydrogen-bond acceptors (Lipinski definition) is 3. The SMILES string of the molecule is C[C@@H](O)c1ccc(-n2cnc3ccccc32)nc1. The van der Waals surface area contributed by atoms with Crippen LogP contribution in [0.5, 0.6) is 0 Å². The Kier molecular flexibility index (Phi) is 2.57. The van der Waals surface area contributed by atoms with E-state index in [-0.39, 0.29) is 0 Å². The maximum absolute atomic E-state index is 9.46. The van der Waals surface area contributed by atoms with E-state index >= 15 is 0 Å². The van der Waals surface area contributed by atoms with E-state index in [1.54, 1.807) is 19.4 Å². The predicted octanol–water partition coefficient (Wildman–Crippen LogP) is 2.47. The summed E-state index contributed by atoms with van der Waals surface area (Å²) < 4.78 is 1.93. The van der Waals surface area contributed by atoms with E-state index in [2.05, 4.69) is 9.97 Å². The number of aliphatic hydroxyl groups is 1. The molecule has 2 aromatic heterocycles. The first-order valence-corrected chi connectivity index (χ1v) is 5.82. The largest absolute Gasteiger partial charge is 0.389 e. The summed E-state index contributed by atoms with van der Waals surface area (Å²) in [6.07, 6.45) is 2.95. The van der Waals surface area contributed by atoms with Crippen molar-refractivity contribution in [3.63, 3.8) is 0 Å². The van der Waals surface area contributed by atoms with Crippen LogP contribution in [0.15, 0.2) is 48.9 Å². The van der Waals surface area contributed by atoms with Gasteiger partial charge in [-0.2, -0.15) is 0 Å². The second-order valence-corrected chi connectivity index (χ2v) is 4.23. The smallest absolute Gasteiger partial charge is 0.138 e. The fourth-order valence-corrected chi connectivity index (χ4v) is 1.93. The molecule has 3 aromatic rings. The van der Waals surface area contributed by atoms with Crippen molar-refractivity contribution >= 4 is 11.0 Å². The van der Waals surface area contributed by atoms with Gasteiger partial charge in [-0.1, -0.05) is 18.2 Å². The first-order valence-electron chi connectivity index (χ1n) is 5.82. The lowest BCUT2D eigenvalue weighted by Crippen LogP contribution is -1.98. The van der Waals surface area contributed by atoms with Gasteiger partial charge >= 0.3 is 0 Å². The summed E-state index contributed by atoms with van der Waals surface area (Å²) in [5.74, 6) is 0.799. The van der Waals surface area contributed by atoms with Crippen molar-refractivity contribution in [3.8, 4) is 5.82 Å². The van der Waals surface area contributed by atoms with Crippen LogP contribution in [0, 0.1) is 0 Å². The third-order valence-corrected chi connectivity index (χ3v) is 2.95. The average molecular weight is 239 g/mol. The highest BCUT2D eigenvalue weighted by Crippen LogP contribution is 2.17. The zero-order valence-electron chi connectivity index (χ0n) is 9.99. The van der Waals surface area contributed by atoms with Gasteiger partial charge in [-0.05, 0) is 30.7 Å². The zero-order valence-corrected chi connectivity index (χ0v) is 9.99. The van der Waals surface area contributed by atoms with Crippen LogP contribution in [-0.4, -0.2) is 19.6 Å². The van der Waals surface area contributed by atoms with E-state index in [1.165, 1.54) is 0 Å². The molecular formula is C14H13N3O. The number of aromatic nitrogens is 3. The van der Waals surface area contributed by atoms with Gasteiger partial charge in [0, 0.05) is 6.20 Å². The molecule has 4 nitrogen and oxygen atoms in total. The van der Waals surface area contributed by atoms with Crippen LogP contribution in [0.2, 0.25) is 0 Å². The Morgan fingerprint density at radius 3 is 2.67 bits per heavy atom. The van der Waals surface area contributed by atoms with E-state index in [1.807, 2.05) is 41.0 Å². The van der Waals surface area contributed by atoms with E-state index < -0.39 is 6.10 Å². The minimum Gasteiger partial charge on any atom is -0.389 e. The van der Waals surface area contributed by atoms with Gasteiger partial charge in [-0.15, -0.1) is 0 Å². The Morgan fingerprint density at radius 2 is 1.94 bits per heavy atom. The lowest BCUT2D eigenvalue weighted by atomic mass is 10.2. The minimum atomic E-state index is -0.494. The van der Waals surface area contributed by atoms with E-state index in [0.29, 0.717) is 0 Å². The summed E-state index contributed by atoms with van der Waals surface area (Å²) >= 11 is 0. The first-order chi connectivity index (χ1) is 8.75. The number of imidazole rings is 1. The first kappa shape index (κ1) is 10.9. The van der Waals surface area contributed by atoms with Crippen molar-refractivity contribution in [3.05, 3.63) is 54.5 Å². The molecule has 0 unspecified atom stereocenters. The summed E-state index contributed by atoms with van der Waals surface area (Å²) in [5, 5.41) is 9.46. The second kappa shape index (κ2) is 4.23. The summed E-state index contributed by atoms with van der Waals surface area (Å²) in [6, 6.07) is 11.7. The topological polar surface area (TPSA) is 50.9 Å². The van der Waals surface area contributed by atoms with Crippen molar-refractivity contribution in [1.82, 2.24) is 14.5 Å². The van der Waals surface area contributed by atoms with Gasteiger partial charge < -0.3 is 5.11 Å². The third kappa shape index (κ3) is 1.76. The van der Waals surface area contributed by atoms with E-state index in [0.717, 1.165) is 22.4 Å². The maximum Gasteiger partial charge on any atom is 0.138 e. The zero-order chi connectivity index (χ0) is 12.5. The van der Waals surface area contributed by atoms with Gasteiger partial charge in [0.05, 0.1) is 17.1 Å². The number of para-hydroxylation sites is 2. The highest BCUT2D eigenvalue weighted by molar-refractivity contribution is 5.76.